The summed E-state index contributed by atoms with van der Waals surface area (Å²) in [6.45, 7) is 8.52. The Morgan fingerprint density at radius 1 is 1.33 bits per heavy atom. The van der Waals surface area contributed by atoms with Crippen LogP contribution in [-0.4, -0.2) is 18.2 Å². The molecule has 1 aromatic rings. The van der Waals surface area contributed by atoms with E-state index in [0.29, 0.717) is 0 Å². The smallest absolute Gasteiger partial charge is 0.414 e. The summed E-state index contributed by atoms with van der Waals surface area (Å²) < 4.78 is 5.46. The van der Waals surface area contributed by atoms with Crippen molar-refractivity contribution in [3.63, 3.8) is 0 Å². The molecule has 1 aromatic carbocycles. The number of hydrogen-bond donors (Lipinski definition) is 0. The Labute approximate surface area is 109 Å². The summed E-state index contributed by atoms with van der Waals surface area (Å²) in [5.74, 6) is 0. The van der Waals surface area contributed by atoms with Gasteiger partial charge in [-0.25, -0.2) is 4.79 Å². The van der Waals surface area contributed by atoms with E-state index in [9.17, 15) is 4.79 Å². The molecule has 1 heterocycles. The third-order valence-corrected chi connectivity index (χ3v) is 3.10. The quantitative estimate of drug-likeness (QED) is 0.700. The Kier molecular flexibility index (Phi) is 3.33. The fourth-order valence-electron chi connectivity index (χ4n) is 2.31. The molecular formula is C15H21NO2. The summed E-state index contributed by atoms with van der Waals surface area (Å²) in [6.07, 6.45) is 1.80. The average molecular weight is 247 g/mol. The van der Waals surface area contributed by atoms with Gasteiger partial charge < -0.3 is 4.74 Å². The van der Waals surface area contributed by atoms with Crippen molar-refractivity contribution in [2.45, 2.75) is 46.1 Å². The molecule has 1 amide bonds. The lowest BCUT2D eigenvalue weighted by Gasteiger charge is -2.32. The minimum atomic E-state index is -0.446. The van der Waals surface area contributed by atoms with Gasteiger partial charge >= 0.3 is 6.09 Å². The number of carbonyl (C=O) groups excluding carboxylic acids is 1. The van der Waals surface area contributed by atoms with Crippen LogP contribution in [0.1, 0.15) is 38.3 Å². The molecule has 1 aliphatic rings. The molecular weight excluding hydrogens is 226 g/mol. The molecule has 0 unspecified atom stereocenters. The standard InChI is InChI=1S/C15H21NO2/c1-11-7-5-9-13-12(11)8-6-10-16(13)14(17)18-15(2,3)4/h5,7,9H,6,8,10H2,1-4H3. The maximum absolute atomic E-state index is 12.2. The lowest BCUT2D eigenvalue weighted by atomic mass is 9.97. The van der Waals surface area contributed by atoms with Crippen LogP contribution in [0, 0.1) is 6.92 Å². The van der Waals surface area contributed by atoms with E-state index in [1.54, 1.807) is 4.90 Å². The second kappa shape index (κ2) is 4.63. The van der Waals surface area contributed by atoms with Crippen LogP contribution in [0.15, 0.2) is 18.2 Å². The highest BCUT2D eigenvalue weighted by molar-refractivity contribution is 5.89. The molecule has 0 bridgehead atoms. The number of carbonyl (C=O) groups is 1. The normalized spacial score (nSPS) is 15.2. The third kappa shape index (κ3) is 2.66. The van der Waals surface area contributed by atoms with Gasteiger partial charge in [0.25, 0.3) is 0 Å². The first-order valence-corrected chi connectivity index (χ1v) is 6.47. The van der Waals surface area contributed by atoms with Crippen LogP contribution in [0.3, 0.4) is 0 Å². The molecule has 0 spiro atoms. The van der Waals surface area contributed by atoms with Crippen molar-refractivity contribution in [3.05, 3.63) is 29.3 Å². The van der Waals surface area contributed by atoms with Crippen LogP contribution in [0.5, 0.6) is 0 Å². The first kappa shape index (κ1) is 12.9. The molecule has 0 atom stereocenters. The van der Waals surface area contributed by atoms with Gasteiger partial charge in [0.2, 0.25) is 0 Å². The van der Waals surface area contributed by atoms with Gasteiger partial charge in [0.15, 0.2) is 0 Å². The summed E-state index contributed by atoms with van der Waals surface area (Å²) in [7, 11) is 0. The van der Waals surface area contributed by atoms with E-state index in [0.717, 1.165) is 25.1 Å². The zero-order valence-electron chi connectivity index (χ0n) is 11.6. The van der Waals surface area contributed by atoms with Crippen molar-refractivity contribution < 1.29 is 9.53 Å². The molecule has 0 N–H and O–H groups in total. The van der Waals surface area contributed by atoms with Gasteiger partial charge in [-0.2, -0.15) is 0 Å². The van der Waals surface area contributed by atoms with Gasteiger partial charge in [-0.15, -0.1) is 0 Å². The molecule has 3 heteroatoms. The van der Waals surface area contributed by atoms with E-state index >= 15 is 0 Å². The maximum Gasteiger partial charge on any atom is 0.414 e. The van der Waals surface area contributed by atoms with Crippen molar-refractivity contribution in [2.24, 2.45) is 0 Å². The van der Waals surface area contributed by atoms with Crippen LogP contribution < -0.4 is 4.90 Å². The first-order chi connectivity index (χ1) is 8.38. The van der Waals surface area contributed by atoms with Crippen molar-refractivity contribution >= 4 is 11.8 Å². The predicted molar refractivity (Wildman–Crippen MR) is 73.1 cm³/mol. The highest BCUT2D eigenvalue weighted by Gasteiger charge is 2.27. The summed E-state index contributed by atoms with van der Waals surface area (Å²) in [4.78, 5) is 14.0. The highest BCUT2D eigenvalue weighted by Crippen LogP contribution is 2.30. The number of ether oxygens (including phenoxy) is 1. The van der Waals surface area contributed by atoms with E-state index in [1.807, 2.05) is 32.9 Å². The van der Waals surface area contributed by atoms with E-state index in [4.69, 9.17) is 4.74 Å². The van der Waals surface area contributed by atoms with E-state index in [-0.39, 0.29) is 6.09 Å². The SMILES string of the molecule is Cc1cccc2c1CCCN2C(=O)OC(C)(C)C. The molecule has 0 radical (unpaired) electrons. The minimum absolute atomic E-state index is 0.242. The van der Waals surface area contributed by atoms with Crippen molar-refractivity contribution in [2.75, 3.05) is 11.4 Å². The molecule has 0 saturated heterocycles. The van der Waals surface area contributed by atoms with Gasteiger partial charge in [-0.05, 0) is 57.7 Å². The van der Waals surface area contributed by atoms with Gasteiger partial charge in [0.1, 0.15) is 5.60 Å². The van der Waals surface area contributed by atoms with E-state index in [1.165, 1.54) is 11.1 Å². The van der Waals surface area contributed by atoms with Gasteiger partial charge in [0.05, 0.1) is 5.69 Å². The third-order valence-electron chi connectivity index (χ3n) is 3.10. The molecule has 0 aromatic heterocycles. The fraction of sp³-hybridized carbons (Fsp3) is 0.533. The zero-order valence-corrected chi connectivity index (χ0v) is 11.6. The van der Waals surface area contributed by atoms with Crippen LogP contribution in [-0.2, 0) is 11.2 Å². The fourth-order valence-corrected chi connectivity index (χ4v) is 2.31. The van der Waals surface area contributed by atoms with Gasteiger partial charge in [-0.1, -0.05) is 12.1 Å². The first-order valence-electron chi connectivity index (χ1n) is 6.47. The zero-order chi connectivity index (χ0) is 13.3. The number of rotatable bonds is 0. The second-order valence-electron chi connectivity index (χ2n) is 5.81. The lowest BCUT2D eigenvalue weighted by molar-refractivity contribution is 0.0578. The molecule has 1 aliphatic heterocycles. The Morgan fingerprint density at radius 2 is 2.06 bits per heavy atom. The van der Waals surface area contributed by atoms with Crippen LogP contribution in [0.4, 0.5) is 10.5 Å². The molecule has 98 valence electrons. The molecule has 18 heavy (non-hydrogen) atoms. The predicted octanol–water partition coefficient (Wildman–Crippen LogP) is 3.68. The topological polar surface area (TPSA) is 29.5 Å². The van der Waals surface area contributed by atoms with E-state index < -0.39 is 5.60 Å². The molecule has 0 saturated carbocycles. The number of amides is 1. The van der Waals surface area contributed by atoms with Gasteiger partial charge in [0, 0.05) is 6.54 Å². The van der Waals surface area contributed by atoms with Crippen molar-refractivity contribution in [3.8, 4) is 0 Å². The summed E-state index contributed by atoms with van der Waals surface area (Å²) in [5, 5.41) is 0. The van der Waals surface area contributed by atoms with Gasteiger partial charge in [-0.3, -0.25) is 4.90 Å². The summed E-state index contributed by atoms with van der Waals surface area (Å²) in [5.41, 5.74) is 3.09. The largest absolute Gasteiger partial charge is 0.443 e. The molecule has 0 aliphatic carbocycles. The monoisotopic (exact) mass is 247 g/mol. The number of benzene rings is 1. The Hall–Kier alpha value is -1.51. The Balaban J connectivity index is 2.28. The number of fused-ring (bicyclic) bond motifs is 1. The minimum Gasteiger partial charge on any atom is -0.443 e. The second-order valence-corrected chi connectivity index (χ2v) is 5.81. The lowest BCUT2D eigenvalue weighted by Crippen LogP contribution is -2.39. The number of nitrogens with zero attached hydrogens (tertiary/aromatic N) is 1. The highest BCUT2D eigenvalue weighted by atomic mass is 16.6. The van der Waals surface area contributed by atoms with Crippen molar-refractivity contribution in [1.82, 2.24) is 0 Å². The molecule has 0 fully saturated rings. The Morgan fingerprint density at radius 3 is 2.72 bits per heavy atom. The summed E-state index contributed by atoms with van der Waals surface area (Å²) >= 11 is 0. The molecule has 3 nitrogen and oxygen atoms in total. The number of aryl methyl sites for hydroxylation is 1. The average Bonchev–Trinajstić information content (AvgIpc) is 2.26. The number of hydrogen-bond acceptors (Lipinski definition) is 2. The number of anilines is 1. The summed E-state index contributed by atoms with van der Waals surface area (Å²) in [6, 6.07) is 6.10. The Bertz CT molecular complexity index is 460. The molecule has 2 rings (SSSR count). The van der Waals surface area contributed by atoms with Crippen LogP contribution in [0.25, 0.3) is 0 Å². The van der Waals surface area contributed by atoms with E-state index in [2.05, 4.69) is 13.0 Å². The van der Waals surface area contributed by atoms with Crippen LogP contribution >= 0.6 is 0 Å². The van der Waals surface area contributed by atoms with Crippen LogP contribution in [0.2, 0.25) is 0 Å². The van der Waals surface area contributed by atoms with Crippen molar-refractivity contribution in [1.29, 1.82) is 0 Å². The maximum atomic E-state index is 12.2.